The first-order valence-electron chi connectivity index (χ1n) is 8.89. The molecule has 0 fully saturated rings. The Balaban J connectivity index is 1.74. The minimum absolute atomic E-state index is 0.187. The Labute approximate surface area is 174 Å². The first kappa shape index (κ1) is 23.2. The normalized spacial score (nSPS) is 13.6. The van der Waals surface area contributed by atoms with E-state index < -0.39 is 13.4 Å². The van der Waals surface area contributed by atoms with Crippen LogP contribution in [0.3, 0.4) is 0 Å². The summed E-state index contributed by atoms with van der Waals surface area (Å²) in [6, 6.07) is 12.5. The third-order valence-corrected chi connectivity index (χ3v) is 6.43. The minimum Gasteiger partial charge on any atom is -0.323 e. The van der Waals surface area contributed by atoms with Crippen molar-refractivity contribution in [2.45, 2.75) is 43.5 Å². The molecule has 1 atom stereocenters. The second-order valence-electron chi connectivity index (χ2n) is 6.90. The van der Waals surface area contributed by atoms with Crippen molar-refractivity contribution in [3.8, 4) is 11.8 Å². The van der Waals surface area contributed by atoms with Gasteiger partial charge in [-0.1, -0.05) is 29.5 Å². The summed E-state index contributed by atoms with van der Waals surface area (Å²) >= 11 is 3.43. The van der Waals surface area contributed by atoms with E-state index >= 15 is 0 Å². The molecule has 2 rings (SSSR count). The van der Waals surface area contributed by atoms with E-state index in [1.165, 1.54) is 10.5 Å². The maximum Gasteiger partial charge on any atom is 0.469 e. The number of benzene rings is 1. The molecule has 1 unspecified atom stereocenters. The second-order valence-corrected chi connectivity index (χ2v) is 10.5. The van der Waals surface area contributed by atoms with Gasteiger partial charge in [-0.05, 0) is 51.0 Å². The van der Waals surface area contributed by atoms with E-state index in [0.29, 0.717) is 12.8 Å². The number of phosphoric ester groups is 1. The van der Waals surface area contributed by atoms with E-state index in [1.807, 2.05) is 12.1 Å². The lowest BCUT2D eigenvalue weighted by molar-refractivity contribution is 0.154. The first-order chi connectivity index (χ1) is 13.1. The van der Waals surface area contributed by atoms with Gasteiger partial charge in [0.25, 0.3) is 0 Å². The predicted octanol–water partition coefficient (Wildman–Crippen LogP) is 4.35. The van der Waals surface area contributed by atoms with Crippen LogP contribution in [0.1, 0.15) is 35.1 Å². The second kappa shape index (κ2) is 10.6. The summed E-state index contributed by atoms with van der Waals surface area (Å²) in [5.41, 5.74) is 6.52. The van der Waals surface area contributed by atoms with Crippen LogP contribution >= 0.6 is 30.9 Å². The number of hydrogen-bond acceptors (Lipinski definition) is 5. The van der Waals surface area contributed by atoms with Gasteiger partial charge < -0.3 is 15.5 Å². The average molecular weight is 440 g/mol. The number of thiophene rings is 1. The average Bonchev–Trinajstić information content (AvgIpc) is 3.07. The molecule has 0 aliphatic rings. The van der Waals surface area contributed by atoms with Crippen molar-refractivity contribution in [3.63, 3.8) is 0 Å². The van der Waals surface area contributed by atoms with Crippen LogP contribution in [0.15, 0.2) is 41.3 Å². The Hall–Kier alpha value is -1.10. The molecular formula is C20H26NO4PS2. The van der Waals surface area contributed by atoms with Crippen LogP contribution in [-0.2, 0) is 15.5 Å². The molecule has 0 aliphatic carbocycles. The SMILES string of the molecule is Cc1ccc(SCCC#Cc2ccc(CCC(C)(N)COP(=O)(O)O)s2)cc1. The van der Waals surface area contributed by atoms with Crippen LogP contribution in [0, 0.1) is 18.8 Å². The molecule has 0 spiro atoms. The van der Waals surface area contributed by atoms with E-state index in [9.17, 15) is 4.57 Å². The van der Waals surface area contributed by atoms with Gasteiger partial charge in [-0.2, -0.15) is 0 Å². The Morgan fingerprint density at radius 3 is 2.64 bits per heavy atom. The summed E-state index contributed by atoms with van der Waals surface area (Å²) in [4.78, 5) is 21.0. The van der Waals surface area contributed by atoms with E-state index in [-0.39, 0.29) is 6.61 Å². The highest BCUT2D eigenvalue weighted by atomic mass is 32.2. The predicted molar refractivity (Wildman–Crippen MR) is 117 cm³/mol. The molecule has 0 aliphatic heterocycles. The number of rotatable bonds is 9. The molecule has 28 heavy (non-hydrogen) atoms. The first-order valence-corrected chi connectivity index (χ1v) is 12.2. The summed E-state index contributed by atoms with van der Waals surface area (Å²) in [7, 11) is -4.49. The zero-order valence-corrected chi connectivity index (χ0v) is 18.6. The van der Waals surface area contributed by atoms with Crippen LogP contribution in [0.4, 0.5) is 0 Å². The highest BCUT2D eigenvalue weighted by Crippen LogP contribution is 2.37. The third-order valence-electron chi connectivity index (χ3n) is 3.89. The number of hydrogen-bond donors (Lipinski definition) is 3. The fraction of sp³-hybridized carbons (Fsp3) is 0.400. The highest BCUT2D eigenvalue weighted by molar-refractivity contribution is 7.99. The molecule has 0 saturated carbocycles. The van der Waals surface area contributed by atoms with Gasteiger partial charge in [-0.3, -0.25) is 4.52 Å². The van der Waals surface area contributed by atoms with Crippen LogP contribution in [0.5, 0.6) is 0 Å². The molecule has 0 bridgehead atoms. The van der Waals surface area contributed by atoms with Gasteiger partial charge >= 0.3 is 7.82 Å². The summed E-state index contributed by atoms with van der Waals surface area (Å²) in [6.45, 7) is 3.62. The molecule has 1 aromatic carbocycles. The summed E-state index contributed by atoms with van der Waals surface area (Å²) in [5, 5.41) is 0. The van der Waals surface area contributed by atoms with Crippen molar-refractivity contribution in [2.24, 2.45) is 5.73 Å². The molecule has 0 saturated heterocycles. The standard InChI is InChI=1S/C20H26NO4PS2/c1-16-6-8-17(9-7-16)27-14-4-3-5-18-10-11-19(28-18)12-13-20(2,21)15-25-26(22,23)24/h6-11H,4,12-15,21H2,1-2H3,(H2,22,23,24). The summed E-state index contributed by atoms with van der Waals surface area (Å²) in [5.74, 6) is 7.37. The maximum absolute atomic E-state index is 10.8. The highest BCUT2D eigenvalue weighted by Gasteiger charge is 2.24. The van der Waals surface area contributed by atoms with Crippen molar-refractivity contribution in [2.75, 3.05) is 12.4 Å². The van der Waals surface area contributed by atoms with E-state index in [4.69, 9.17) is 15.5 Å². The lowest BCUT2D eigenvalue weighted by Gasteiger charge is -2.24. The molecule has 1 aromatic heterocycles. The van der Waals surface area contributed by atoms with Crippen molar-refractivity contribution >= 4 is 30.9 Å². The van der Waals surface area contributed by atoms with Crippen LogP contribution in [-0.4, -0.2) is 27.7 Å². The topological polar surface area (TPSA) is 92.8 Å². The molecule has 152 valence electrons. The molecule has 2 aromatic rings. The Kier molecular flexibility index (Phi) is 8.79. The fourth-order valence-electron chi connectivity index (χ4n) is 2.30. The fourth-order valence-corrected chi connectivity index (χ4v) is 4.41. The number of nitrogens with two attached hydrogens (primary N) is 1. The molecular weight excluding hydrogens is 413 g/mol. The summed E-state index contributed by atoms with van der Waals surface area (Å²) < 4.78 is 15.3. The lowest BCUT2D eigenvalue weighted by atomic mass is 9.98. The van der Waals surface area contributed by atoms with E-state index in [1.54, 1.807) is 30.0 Å². The summed E-state index contributed by atoms with van der Waals surface area (Å²) in [6.07, 6.45) is 2.10. The van der Waals surface area contributed by atoms with Crippen LogP contribution in [0.2, 0.25) is 0 Å². The van der Waals surface area contributed by atoms with Crippen molar-refractivity contribution < 1.29 is 18.9 Å². The number of thioether (sulfide) groups is 1. The Morgan fingerprint density at radius 1 is 1.25 bits per heavy atom. The zero-order chi connectivity index (χ0) is 20.6. The Morgan fingerprint density at radius 2 is 1.96 bits per heavy atom. The van der Waals surface area contributed by atoms with Crippen LogP contribution < -0.4 is 5.73 Å². The molecule has 0 amide bonds. The lowest BCUT2D eigenvalue weighted by Crippen LogP contribution is -2.41. The number of phosphoric acid groups is 1. The molecule has 4 N–H and O–H groups in total. The van der Waals surface area contributed by atoms with E-state index in [0.717, 1.165) is 21.9 Å². The Bertz CT molecular complexity index is 862. The molecule has 5 nitrogen and oxygen atoms in total. The van der Waals surface area contributed by atoms with Crippen LogP contribution in [0.25, 0.3) is 0 Å². The van der Waals surface area contributed by atoms with Gasteiger partial charge in [0.2, 0.25) is 0 Å². The molecule has 0 radical (unpaired) electrons. The van der Waals surface area contributed by atoms with E-state index in [2.05, 4.69) is 47.6 Å². The smallest absolute Gasteiger partial charge is 0.323 e. The quantitative estimate of drug-likeness (QED) is 0.233. The van der Waals surface area contributed by atoms with Gasteiger partial charge in [0.05, 0.1) is 11.5 Å². The van der Waals surface area contributed by atoms with Crippen molar-refractivity contribution in [3.05, 3.63) is 51.7 Å². The molecule has 8 heteroatoms. The minimum atomic E-state index is -4.49. The largest absolute Gasteiger partial charge is 0.469 e. The van der Waals surface area contributed by atoms with Crippen molar-refractivity contribution in [1.29, 1.82) is 0 Å². The molecule has 1 heterocycles. The van der Waals surface area contributed by atoms with Crippen molar-refractivity contribution in [1.82, 2.24) is 0 Å². The third kappa shape index (κ3) is 9.40. The zero-order valence-electron chi connectivity index (χ0n) is 16.1. The number of aryl methyl sites for hydroxylation is 2. The van der Waals surface area contributed by atoms with Gasteiger partial charge in [-0.25, -0.2) is 4.57 Å². The maximum atomic E-state index is 10.8. The van der Waals surface area contributed by atoms with Gasteiger partial charge in [0, 0.05) is 27.5 Å². The van der Waals surface area contributed by atoms with Gasteiger partial charge in [-0.15, -0.1) is 23.1 Å². The van der Waals surface area contributed by atoms with Gasteiger partial charge in [0.15, 0.2) is 0 Å². The monoisotopic (exact) mass is 439 g/mol. The van der Waals surface area contributed by atoms with Gasteiger partial charge in [0.1, 0.15) is 0 Å².